The molecule has 1 amide bonds. The number of aromatic hydroxyl groups is 2. The molecule has 19 heavy (non-hydrogen) atoms. The average Bonchev–Trinajstić information content (AvgIpc) is 2.89. The molecular formula is C13H13N3O3. The van der Waals surface area contributed by atoms with E-state index in [0.717, 1.165) is 0 Å². The number of phenolic OH excluding ortho intramolecular Hbond substituents is 2. The van der Waals surface area contributed by atoms with E-state index < -0.39 is 0 Å². The van der Waals surface area contributed by atoms with Crippen molar-refractivity contribution in [3.63, 3.8) is 0 Å². The summed E-state index contributed by atoms with van der Waals surface area (Å²) in [6, 6.07) is 7.49. The third-order valence-electron chi connectivity index (χ3n) is 2.54. The average molecular weight is 259 g/mol. The summed E-state index contributed by atoms with van der Waals surface area (Å²) in [7, 11) is 0. The topological polar surface area (TPSA) is 97.7 Å². The van der Waals surface area contributed by atoms with Gasteiger partial charge in [0.05, 0.1) is 5.71 Å². The summed E-state index contributed by atoms with van der Waals surface area (Å²) in [6.07, 6.45) is 1.64. The van der Waals surface area contributed by atoms with E-state index in [0.29, 0.717) is 17.0 Å². The number of hydrogen-bond donors (Lipinski definition) is 4. The van der Waals surface area contributed by atoms with Crippen molar-refractivity contribution in [1.82, 2.24) is 10.4 Å². The number of nitrogens with zero attached hydrogens (tertiary/aromatic N) is 1. The van der Waals surface area contributed by atoms with Gasteiger partial charge in [-0.25, -0.2) is 5.43 Å². The van der Waals surface area contributed by atoms with E-state index in [4.69, 9.17) is 0 Å². The van der Waals surface area contributed by atoms with Gasteiger partial charge in [-0.3, -0.25) is 4.79 Å². The van der Waals surface area contributed by atoms with E-state index in [9.17, 15) is 15.0 Å². The maximum atomic E-state index is 11.6. The molecule has 0 aliphatic carbocycles. The van der Waals surface area contributed by atoms with Gasteiger partial charge >= 0.3 is 0 Å². The van der Waals surface area contributed by atoms with Crippen LogP contribution in [0.25, 0.3) is 0 Å². The predicted molar refractivity (Wildman–Crippen MR) is 70.2 cm³/mol. The van der Waals surface area contributed by atoms with Crippen LogP contribution in [0.4, 0.5) is 0 Å². The summed E-state index contributed by atoms with van der Waals surface area (Å²) >= 11 is 0. The highest BCUT2D eigenvalue weighted by molar-refractivity contribution is 6.02. The van der Waals surface area contributed by atoms with Crippen LogP contribution in [-0.2, 0) is 0 Å². The van der Waals surface area contributed by atoms with Crippen molar-refractivity contribution in [3.05, 3.63) is 47.8 Å². The molecule has 1 aromatic heterocycles. The number of phenols is 2. The molecule has 0 fully saturated rings. The molecule has 2 rings (SSSR count). The Labute approximate surface area is 109 Å². The number of amides is 1. The van der Waals surface area contributed by atoms with Crippen molar-refractivity contribution < 1.29 is 15.0 Å². The minimum atomic E-state index is -0.373. The summed E-state index contributed by atoms with van der Waals surface area (Å²) in [5, 5.41) is 22.7. The van der Waals surface area contributed by atoms with Crippen molar-refractivity contribution >= 4 is 11.6 Å². The lowest BCUT2D eigenvalue weighted by Crippen LogP contribution is -2.19. The van der Waals surface area contributed by atoms with Crippen molar-refractivity contribution in [2.75, 3.05) is 0 Å². The summed E-state index contributed by atoms with van der Waals surface area (Å²) in [5.74, 6) is -0.512. The number of benzene rings is 1. The molecule has 0 radical (unpaired) electrons. The van der Waals surface area contributed by atoms with Gasteiger partial charge in [-0.05, 0) is 31.2 Å². The fraction of sp³-hybridized carbons (Fsp3) is 0.0769. The van der Waals surface area contributed by atoms with Crippen LogP contribution in [-0.4, -0.2) is 26.8 Å². The molecule has 0 unspecified atom stereocenters. The van der Waals surface area contributed by atoms with Crippen LogP contribution < -0.4 is 5.43 Å². The van der Waals surface area contributed by atoms with Crippen molar-refractivity contribution in [1.29, 1.82) is 0 Å². The van der Waals surface area contributed by atoms with Crippen LogP contribution in [0.5, 0.6) is 11.5 Å². The zero-order valence-corrected chi connectivity index (χ0v) is 10.2. The Morgan fingerprint density at radius 1 is 1.32 bits per heavy atom. The monoisotopic (exact) mass is 259 g/mol. The second-order valence-electron chi connectivity index (χ2n) is 3.92. The number of carbonyl (C=O) groups is 1. The van der Waals surface area contributed by atoms with Crippen LogP contribution in [0.3, 0.4) is 0 Å². The molecule has 98 valence electrons. The van der Waals surface area contributed by atoms with Gasteiger partial charge in [0, 0.05) is 17.8 Å². The molecule has 2 aromatic rings. The quantitative estimate of drug-likeness (QED) is 0.497. The Balaban J connectivity index is 2.13. The number of rotatable bonds is 3. The summed E-state index contributed by atoms with van der Waals surface area (Å²) in [5.41, 5.74) is 3.63. The summed E-state index contributed by atoms with van der Waals surface area (Å²) < 4.78 is 0. The van der Waals surface area contributed by atoms with Crippen molar-refractivity contribution in [3.8, 4) is 11.5 Å². The molecule has 4 N–H and O–H groups in total. The minimum absolute atomic E-state index is 0.0375. The van der Waals surface area contributed by atoms with E-state index in [1.165, 1.54) is 18.2 Å². The standard InChI is InChI=1S/C13H13N3O3/c1-8(10-5-4-9(17)7-12(10)18)15-16-13(19)11-3-2-6-14-11/h2-7,14,17-18H,1H3,(H,16,19)/b15-8+. The fourth-order valence-electron chi connectivity index (χ4n) is 1.55. The Kier molecular flexibility index (Phi) is 3.51. The molecule has 0 saturated heterocycles. The van der Waals surface area contributed by atoms with Gasteiger partial charge < -0.3 is 15.2 Å². The maximum Gasteiger partial charge on any atom is 0.287 e. The Hall–Kier alpha value is -2.76. The predicted octanol–water partition coefficient (Wildman–Crippen LogP) is 1.58. The van der Waals surface area contributed by atoms with Crippen molar-refractivity contribution in [2.24, 2.45) is 5.10 Å². The molecular weight excluding hydrogens is 246 g/mol. The Bertz CT molecular complexity index is 618. The van der Waals surface area contributed by atoms with Gasteiger partial charge in [-0.1, -0.05) is 0 Å². The highest BCUT2D eigenvalue weighted by Gasteiger charge is 2.08. The first-order valence-electron chi connectivity index (χ1n) is 5.58. The van der Waals surface area contributed by atoms with Crippen molar-refractivity contribution in [2.45, 2.75) is 6.92 Å². The largest absolute Gasteiger partial charge is 0.508 e. The number of hydrazone groups is 1. The van der Waals surface area contributed by atoms with Gasteiger partial charge in [0.1, 0.15) is 17.2 Å². The lowest BCUT2D eigenvalue weighted by atomic mass is 10.1. The van der Waals surface area contributed by atoms with Gasteiger partial charge in [-0.15, -0.1) is 0 Å². The molecule has 0 bridgehead atoms. The summed E-state index contributed by atoms with van der Waals surface area (Å²) in [4.78, 5) is 14.4. The van der Waals surface area contributed by atoms with Crippen LogP contribution in [0.15, 0.2) is 41.6 Å². The first kappa shape index (κ1) is 12.7. The van der Waals surface area contributed by atoms with E-state index in [-0.39, 0.29) is 17.4 Å². The number of aromatic nitrogens is 1. The van der Waals surface area contributed by atoms with Crippen LogP contribution in [0.1, 0.15) is 23.0 Å². The van der Waals surface area contributed by atoms with Gasteiger partial charge in [0.25, 0.3) is 5.91 Å². The highest BCUT2D eigenvalue weighted by Crippen LogP contribution is 2.22. The second-order valence-corrected chi connectivity index (χ2v) is 3.92. The third kappa shape index (κ3) is 2.92. The number of aromatic amines is 1. The smallest absolute Gasteiger partial charge is 0.287 e. The van der Waals surface area contributed by atoms with Crippen LogP contribution in [0, 0.1) is 0 Å². The van der Waals surface area contributed by atoms with E-state index in [1.807, 2.05) is 0 Å². The molecule has 0 spiro atoms. The molecule has 0 aliphatic heterocycles. The van der Waals surface area contributed by atoms with Gasteiger partial charge in [0.15, 0.2) is 0 Å². The van der Waals surface area contributed by atoms with Crippen LogP contribution >= 0.6 is 0 Å². The Morgan fingerprint density at radius 3 is 2.74 bits per heavy atom. The van der Waals surface area contributed by atoms with E-state index in [1.54, 1.807) is 25.3 Å². The number of carbonyl (C=O) groups excluding carboxylic acids is 1. The molecule has 1 heterocycles. The molecule has 1 aromatic carbocycles. The molecule has 0 aliphatic rings. The molecule has 0 atom stereocenters. The zero-order chi connectivity index (χ0) is 13.8. The van der Waals surface area contributed by atoms with E-state index >= 15 is 0 Å². The first-order chi connectivity index (χ1) is 9.08. The third-order valence-corrected chi connectivity index (χ3v) is 2.54. The SMILES string of the molecule is C/C(=N\NC(=O)c1ccc[nH]1)c1ccc(O)cc1O. The highest BCUT2D eigenvalue weighted by atomic mass is 16.3. The lowest BCUT2D eigenvalue weighted by molar-refractivity contribution is 0.0950. The molecule has 6 heteroatoms. The molecule has 0 saturated carbocycles. The second kappa shape index (κ2) is 5.26. The Morgan fingerprint density at radius 2 is 2.11 bits per heavy atom. The van der Waals surface area contributed by atoms with Gasteiger partial charge in [0.2, 0.25) is 0 Å². The number of hydrogen-bond acceptors (Lipinski definition) is 4. The maximum absolute atomic E-state index is 11.6. The normalized spacial score (nSPS) is 11.3. The fourth-order valence-corrected chi connectivity index (χ4v) is 1.55. The van der Waals surface area contributed by atoms with Crippen LogP contribution in [0.2, 0.25) is 0 Å². The van der Waals surface area contributed by atoms with E-state index in [2.05, 4.69) is 15.5 Å². The lowest BCUT2D eigenvalue weighted by Gasteiger charge is -2.05. The van der Waals surface area contributed by atoms with Gasteiger partial charge in [-0.2, -0.15) is 5.10 Å². The first-order valence-corrected chi connectivity index (χ1v) is 5.58. The summed E-state index contributed by atoms with van der Waals surface area (Å²) in [6.45, 7) is 1.64. The minimum Gasteiger partial charge on any atom is -0.508 e. The zero-order valence-electron chi connectivity index (χ0n) is 10.2. The number of H-pyrrole nitrogens is 1. The molecule has 6 nitrogen and oxygen atoms in total. The number of nitrogens with one attached hydrogen (secondary N) is 2.